The molecular weight excluding hydrogens is 320 g/mol. The van der Waals surface area contributed by atoms with Gasteiger partial charge in [-0.05, 0) is 30.7 Å². The molecule has 4 aromatic rings. The van der Waals surface area contributed by atoms with Gasteiger partial charge in [0.15, 0.2) is 0 Å². The molecule has 0 aliphatic heterocycles. The first kappa shape index (κ1) is 15.9. The summed E-state index contributed by atoms with van der Waals surface area (Å²) in [6, 6.07) is 27.0. The average molecular weight is 336 g/mol. The van der Waals surface area contributed by atoms with Crippen molar-refractivity contribution in [1.29, 1.82) is 5.26 Å². The van der Waals surface area contributed by atoms with Crippen molar-refractivity contribution in [3.8, 4) is 22.9 Å². The molecule has 0 spiro atoms. The third-order valence-corrected chi connectivity index (χ3v) is 4.61. The fourth-order valence-corrected chi connectivity index (χ4v) is 3.41. The Balaban J connectivity index is 2.11. The highest BCUT2D eigenvalue weighted by Gasteiger charge is 2.14. The molecule has 0 amide bonds. The monoisotopic (exact) mass is 336 g/mol. The number of benzene rings is 3. The van der Waals surface area contributed by atoms with Crippen LogP contribution in [0.4, 0.5) is 0 Å². The Morgan fingerprint density at radius 1 is 0.846 bits per heavy atom. The van der Waals surface area contributed by atoms with Gasteiger partial charge in [0, 0.05) is 22.6 Å². The zero-order chi connectivity index (χ0) is 18.1. The van der Waals surface area contributed by atoms with Crippen molar-refractivity contribution in [2.45, 2.75) is 6.92 Å². The Bertz CT molecular complexity index is 1230. The molecule has 124 valence electrons. The van der Waals surface area contributed by atoms with Gasteiger partial charge in [-0.25, -0.2) is 0 Å². The van der Waals surface area contributed by atoms with E-state index in [4.69, 9.17) is 0 Å². The Hall–Kier alpha value is -3.64. The summed E-state index contributed by atoms with van der Waals surface area (Å²) in [6.45, 7) is 1.95. The van der Waals surface area contributed by atoms with E-state index in [1.807, 2.05) is 73.7 Å². The van der Waals surface area contributed by atoms with Gasteiger partial charge in [0.2, 0.25) is 0 Å². The molecule has 1 aromatic heterocycles. The molecule has 0 fully saturated rings. The highest BCUT2D eigenvalue weighted by atomic mass is 16.1. The molecule has 3 heteroatoms. The minimum atomic E-state index is -0.0805. The van der Waals surface area contributed by atoms with Crippen LogP contribution in [0.2, 0.25) is 0 Å². The first-order chi connectivity index (χ1) is 12.7. The van der Waals surface area contributed by atoms with Crippen molar-refractivity contribution in [2.24, 2.45) is 0 Å². The smallest absolute Gasteiger partial charge is 0.255 e. The second-order valence-corrected chi connectivity index (χ2v) is 6.19. The van der Waals surface area contributed by atoms with E-state index >= 15 is 0 Å². The number of aromatic nitrogens is 1. The van der Waals surface area contributed by atoms with Gasteiger partial charge >= 0.3 is 0 Å². The maximum atomic E-state index is 12.9. The number of hydrogen-bond donors (Lipinski definition) is 0. The topological polar surface area (TPSA) is 45.8 Å². The van der Waals surface area contributed by atoms with E-state index in [9.17, 15) is 10.1 Å². The Morgan fingerprint density at radius 2 is 1.50 bits per heavy atom. The highest BCUT2D eigenvalue weighted by Crippen LogP contribution is 2.30. The third kappa shape index (κ3) is 2.49. The van der Waals surface area contributed by atoms with Crippen LogP contribution in [0.5, 0.6) is 0 Å². The fourth-order valence-electron chi connectivity index (χ4n) is 3.41. The van der Waals surface area contributed by atoms with E-state index in [1.165, 1.54) is 0 Å². The summed E-state index contributed by atoms with van der Waals surface area (Å²) in [5.74, 6) is 0. The summed E-state index contributed by atoms with van der Waals surface area (Å²) in [5, 5.41) is 10.5. The number of rotatable bonds is 2. The molecule has 1 heterocycles. The van der Waals surface area contributed by atoms with E-state index in [0.29, 0.717) is 5.56 Å². The second-order valence-electron chi connectivity index (χ2n) is 6.19. The molecule has 0 unspecified atom stereocenters. The van der Waals surface area contributed by atoms with E-state index in [-0.39, 0.29) is 5.56 Å². The number of nitriles is 1. The van der Waals surface area contributed by atoms with Gasteiger partial charge in [0.25, 0.3) is 5.56 Å². The summed E-state index contributed by atoms with van der Waals surface area (Å²) in [6.07, 6.45) is 0. The molecule has 26 heavy (non-hydrogen) atoms. The SMILES string of the molecule is Cc1cc(=O)n(-c2ccccc2-c2ccccc2C#N)c2ccccc12. The molecule has 0 saturated heterocycles. The van der Waals surface area contributed by atoms with Crippen LogP contribution in [0.1, 0.15) is 11.1 Å². The maximum Gasteiger partial charge on any atom is 0.255 e. The fraction of sp³-hybridized carbons (Fsp3) is 0.0435. The standard InChI is InChI=1S/C23H16N2O/c1-16-14-23(26)25(21-12-6-4-9-18(16)21)22-13-7-5-11-20(22)19-10-3-2-8-17(19)15-24/h2-14H,1H3. The van der Waals surface area contributed by atoms with Crippen molar-refractivity contribution >= 4 is 10.9 Å². The van der Waals surface area contributed by atoms with E-state index < -0.39 is 0 Å². The van der Waals surface area contributed by atoms with Gasteiger partial charge in [-0.3, -0.25) is 9.36 Å². The number of nitrogens with zero attached hydrogens (tertiary/aromatic N) is 2. The molecule has 0 bridgehead atoms. The van der Waals surface area contributed by atoms with Crippen LogP contribution in [0.25, 0.3) is 27.7 Å². The zero-order valence-corrected chi connectivity index (χ0v) is 14.3. The number of pyridine rings is 1. The van der Waals surface area contributed by atoms with Gasteiger partial charge in [0.05, 0.1) is 22.8 Å². The normalized spacial score (nSPS) is 10.6. The lowest BCUT2D eigenvalue weighted by molar-refractivity contribution is 1.04. The number of aryl methyl sites for hydroxylation is 1. The van der Waals surface area contributed by atoms with Gasteiger partial charge in [0.1, 0.15) is 0 Å². The molecule has 4 rings (SSSR count). The summed E-state index contributed by atoms with van der Waals surface area (Å²) in [4.78, 5) is 12.9. The van der Waals surface area contributed by atoms with E-state index in [1.54, 1.807) is 16.7 Å². The van der Waals surface area contributed by atoms with Crippen LogP contribution in [-0.4, -0.2) is 4.57 Å². The number of para-hydroxylation sites is 2. The molecule has 3 nitrogen and oxygen atoms in total. The van der Waals surface area contributed by atoms with Crippen molar-refractivity contribution < 1.29 is 0 Å². The van der Waals surface area contributed by atoms with Crippen LogP contribution >= 0.6 is 0 Å². The van der Waals surface area contributed by atoms with Gasteiger partial charge in [-0.2, -0.15) is 5.26 Å². The molecule has 0 saturated carbocycles. The predicted octanol–water partition coefficient (Wildman–Crippen LogP) is 4.84. The van der Waals surface area contributed by atoms with Crippen LogP contribution in [0.3, 0.4) is 0 Å². The van der Waals surface area contributed by atoms with E-state index in [0.717, 1.165) is 33.3 Å². The third-order valence-electron chi connectivity index (χ3n) is 4.61. The molecule has 0 N–H and O–H groups in total. The lowest BCUT2D eigenvalue weighted by atomic mass is 9.98. The van der Waals surface area contributed by atoms with Crippen LogP contribution in [0.15, 0.2) is 83.7 Å². The Labute approximate surface area is 151 Å². The second kappa shape index (κ2) is 6.34. The zero-order valence-electron chi connectivity index (χ0n) is 14.3. The van der Waals surface area contributed by atoms with Crippen LogP contribution < -0.4 is 5.56 Å². The average Bonchev–Trinajstić information content (AvgIpc) is 2.68. The molecule has 0 aliphatic rings. The predicted molar refractivity (Wildman–Crippen MR) is 104 cm³/mol. The molecule has 0 radical (unpaired) electrons. The van der Waals surface area contributed by atoms with Gasteiger partial charge in [-0.15, -0.1) is 0 Å². The lowest BCUT2D eigenvalue weighted by Gasteiger charge is -2.16. The summed E-state index contributed by atoms with van der Waals surface area (Å²) < 4.78 is 1.73. The first-order valence-corrected chi connectivity index (χ1v) is 8.41. The van der Waals surface area contributed by atoms with Crippen molar-refractivity contribution in [3.05, 3.63) is 100 Å². The van der Waals surface area contributed by atoms with Gasteiger partial charge < -0.3 is 0 Å². The van der Waals surface area contributed by atoms with Gasteiger partial charge in [-0.1, -0.05) is 54.6 Å². The lowest BCUT2D eigenvalue weighted by Crippen LogP contribution is -2.19. The van der Waals surface area contributed by atoms with Crippen molar-refractivity contribution in [3.63, 3.8) is 0 Å². The Morgan fingerprint density at radius 3 is 2.31 bits per heavy atom. The molecule has 3 aromatic carbocycles. The van der Waals surface area contributed by atoms with Crippen molar-refractivity contribution in [2.75, 3.05) is 0 Å². The molecule has 0 atom stereocenters. The largest absolute Gasteiger partial charge is 0.276 e. The van der Waals surface area contributed by atoms with Crippen molar-refractivity contribution in [1.82, 2.24) is 4.57 Å². The Kier molecular flexibility index (Phi) is 3.87. The first-order valence-electron chi connectivity index (χ1n) is 8.41. The quantitative estimate of drug-likeness (QED) is 0.526. The van der Waals surface area contributed by atoms with Crippen LogP contribution in [0, 0.1) is 18.3 Å². The maximum absolute atomic E-state index is 12.9. The minimum Gasteiger partial charge on any atom is -0.276 e. The molecular formula is C23H16N2O. The minimum absolute atomic E-state index is 0.0805. The molecule has 0 aliphatic carbocycles. The highest BCUT2D eigenvalue weighted by molar-refractivity contribution is 5.86. The number of hydrogen-bond acceptors (Lipinski definition) is 2. The number of fused-ring (bicyclic) bond motifs is 1. The summed E-state index contributed by atoms with van der Waals surface area (Å²) in [5.41, 5.74) is 4.78. The summed E-state index contributed by atoms with van der Waals surface area (Å²) in [7, 11) is 0. The van der Waals surface area contributed by atoms with Crippen LogP contribution in [-0.2, 0) is 0 Å². The van der Waals surface area contributed by atoms with E-state index in [2.05, 4.69) is 6.07 Å². The summed E-state index contributed by atoms with van der Waals surface area (Å²) >= 11 is 0.